The number of aliphatic imine (C=N–C) groups is 3. The molecule has 0 unspecified atom stereocenters. The number of nitriles is 1. The smallest absolute Gasteiger partial charge is 0.250 e. The molecule has 0 fully saturated rings. The number of hydrogen-bond donors (Lipinski definition) is 0. The molecular formula is C11H4Cl3N5. The van der Waals surface area contributed by atoms with Gasteiger partial charge in [-0.05, 0) is 12.2 Å². The highest BCUT2D eigenvalue weighted by atomic mass is 35.6. The van der Waals surface area contributed by atoms with E-state index in [2.05, 4.69) is 15.0 Å². The summed E-state index contributed by atoms with van der Waals surface area (Å²) in [6.07, 6.45) is 6.71. The van der Waals surface area contributed by atoms with Gasteiger partial charge in [-0.25, -0.2) is 15.0 Å². The van der Waals surface area contributed by atoms with E-state index in [-0.39, 0.29) is 11.4 Å². The van der Waals surface area contributed by atoms with Crippen molar-refractivity contribution in [1.29, 1.82) is 5.26 Å². The second-order valence-electron chi connectivity index (χ2n) is 3.73. The third-order valence-corrected chi connectivity index (χ3v) is 3.04. The van der Waals surface area contributed by atoms with Crippen LogP contribution in [-0.4, -0.2) is 26.2 Å². The van der Waals surface area contributed by atoms with E-state index in [9.17, 15) is 0 Å². The van der Waals surface area contributed by atoms with Crippen molar-refractivity contribution < 1.29 is 0 Å². The van der Waals surface area contributed by atoms with Gasteiger partial charge >= 0.3 is 0 Å². The Morgan fingerprint density at radius 1 is 1.26 bits per heavy atom. The van der Waals surface area contributed by atoms with E-state index in [1.54, 1.807) is 23.1 Å². The zero-order chi connectivity index (χ0) is 13.6. The molecule has 5 nitrogen and oxygen atoms in total. The molecule has 0 atom stereocenters. The first-order valence-electron chi connectivity index (χ1n) is 5.12. The van der Waals surface area contributed by atoms with Crippen LogP contribution in [0.5, 0.6) is 0 Å². The maximum absolute atomic E-state index is 9.11. The molecule has 8 heteroatoms. The molecule has 0 amide bonds. The normalized spacial score (nSPS) is 20.5. The molecule has 3 aliphatic heterocycles. The molecule has 0 aliphatic carbocycles. The summed E-state index contributed by atoms with van der Waals surface area (Å²) in [4.78, 5) is 14.1. The van der Waals surface area contributed by atoms with Gasteiger partial charge in [0.1, 0.15) is 23.3 Å². The van der Waals surface area contributed by atoms with Gasteiger partial charge < -0.3 is 0 Å². The van der Waals surface area contributed by atoms with Crippen LogP contribution in [0.25, 0.3) is 0 Å². The Morgan fingerprint density at radius 2 is 2.05 bits per heavy atom. The molecule has 0 aromatic rings. The van der Waals surface area contributed by atoms with Crippen LogP contribution in [0, 0.1) is 11.3 Å². The van der Waals surface area contributed by atoms with E-state index in [1.165, 1.54) is 6.20 Å². The van der Waals surface area contributed by atoms with E-state index in [0.29, 0.717) is 17.5 Å². The van der Waals surface area contributed by atoms with Crippen molar-refractivity contribution >= 4 is 52.3 Å². The first-order chi connectivity index (χ1) is 9.00. The van der Waals surface area contributed by atoms with Gasteiger partial charge in [0, 0.05) is 0 Å². The number of halogens is 3. The van der Waals surface area contributed by atoms with Crippen LogP contribution in [0.1, 0.15) is 0 Å². The molecule has 0 spiro atoms. The summed E-state index contributed by atoms with van der Waals surface area (Å²) in [7, 11) is 0. The van der Waals surface area contributed by atoms with Crippen LogP contribution in [0.3, 0.4) is 0 Å². The quantitative estimate of drug-likeness (QED) is 0.646. The summed E-state index contributed by atoms with van der Waals surface area (Å²) < 4.78 is -1.75. The zero-order valence-electron chi connectivity index (χ0n) is 9.18. The first kappa shape index (κ1) is 12.4. The van der Waals surface area contributed by atoms with Crippen LogP contribution in [-0.2, 0) is 0 Å². The molecule has 3 aliphatic rings. The van der Waals surface area contributed by atoms with Gasteiger partial charge in [-0.15, -0.1) is 0 Å². The van der Waals surface area contributed by atoms with Gasteiger partial charge in [-0.1, -0.05) is 40.9 Å². The van der Waals surface area contributed by atoms with E-state index in [4.69, 9.17) is 40.1 Å². The van der Waals surface area contributed by atoms with Gasteiger partial charge in [-0.2, -0.15) is 5.26 Å². The molecule has 19 heavy (non-hydrogen) atoms. The summed E-state index contributed by atoms with van der Waals surface area (Å²) >= 11 is 17.4. The molecular weight excluding hydrogens is 309 g/mol. The molecule has 0 saturated heterocycles. The second-order valence-corrected chi connectivity index (χ2v) is 6.01. The third-order valence-electron chi connectivity index (χ3n) is 2.53. The van der Waals surface area contributed by atoms with Crippen molar-refractivity contribution in [3.8, 4) is 6.07 Å². The Morgan fingerprint density at radius 3 is 2.74 bits per heavy atom. The average molecular weight is 313 g/mol. The Kier molecular flexibility index (Phi) is 2.75. The summed E-state index contributed by atoms with van der Waals surface area (Å²) in [5.41, 5.74) is 0.284. The Bertz CT molecular complexity index is 682. The number of nitrogens with zero attached hydrogens (tertiary/aromatic N) is 5. The maximum atomic E-state index is 9.11. The summed E-state index contributed by atoms with van der Waals surface area (Å²) in [6.45, 7) is 0. The lowest BCUT2D eigenvalue weighted by Gasteiger charge is -2.33. The van der Waals surface area contributed by atoms with Crippen LogP contribution < -0.4 is 0 Å². The minimum atomic E-state index is -1.75. The number of hydrogen-bond acceptors (Lipinski definition) is 5. The summed E-state index contributed by atoms with van der Waals surface area (Å²) in [6, 6.07) is 2.01. The molecule has 3 rings (SSSR count). The first-order valence-corrected chi connectivity index (χ1v) is 6.25. The highest BCUT2D eigenvalue weighted by Gasteiger charge is 2.37. The molecule has 0 saturated carbocycles. The second kappa shape index (κ2) is 4.20. The largest absolute Gasteiger partial charge is 0.261 e. The number of allylic oxidation sites excluding steroid dienone is 2. The minimum Gasteiger partial charge on any atom is -0.261 e. The van der Waals surface area contributed by atoms with Crippen molar-refractivity contribution in [3.05, 3.63) is 35.8 Å². The van der Waals surface area contributed by atoms with Gasteiger partial charge in [0.15, 0.2) is 11.7 Å². The van der Waals surface area contributed by atoms with Gasteiger partial charge in [0.05, 0.1) is 6.20 Å². The Labute approximate surface area is 123 Å². The monoisotopic (exact) mass is 311 g/mol. The van der Waals surface area contributed by atoms with Crippen LogP contribution in [0.4, 0.5) is 0 Å². The molecule has 0 aromatic heterocycles. The fourth-order valence-electron chi connectivity index (χ4n) is 1.75. The maximum Gasteiger partial charge on any atom is 0.250 e. The van der Waals surface area contributed by atoms with Gasteiger partial charge in [-0.3, -0.25) is 4.90 Å². The van der Waals surface area contributed by atoms with E-state index < -0.39 is 3.79 Å². The predicted octanol–water partition coefficient (Wildman–Crippen LogP) is 2.70. The predicted molar refractivity (Wildman–Crippen MR) is 75.4 cm³/mol. The SMILES string of the molecule is N#CC1=CN=C2C=CC=C3N=C(C(Cl)(Cl)Cl)N=C1N32. The van der Waals surface area contributed by atoms with Crippen LogP contribution >= 0.6 is 34.8 Å². The van der Waals surface area contributed by atoms with Gasteiger partial charge in [0.2, 0.25) is 3.79 Å². The van der Waals surface area contributed by atoms with E-state index in [0.717, 1.165) is 0 Å². The number of rotatable bonds is 0. The van der Waals surface area contributed by atoms with Crippen molar-refractivity contribution in [2.45, 2.75) is 3.79 Å². The topological polar surface area (TPSA) is 64.1 Å². The van der Waals surface area contributed by atoms with Crippen molar-refractivity contribution in [1.82, 2.24) is 4.90 Å². The average Bonchev–Trinajstić information content (AvgIpc) is 2.38. The fourth-order valence-corrected chi connectivity index (χ4v) is 2.00. The third kappa shape index (κ3) is 1.98. The number of amidine groups is 3. The summed E-state index contributed by atoms with van der Waals surface area (Å²) in [5, 5.41) is 9.11. The standard InChI is InChI=1S/C11H4Cl3N5/c12-11(13,14)10-17-8-3-1-2-7-16-5-6(4-15)9(18-10)19(7)8/h1-3,5H. The highest BCUT2D eigenvalue weighted by Crippen LogP contribution is 2.34. The molecule has 3 heterocycles. The van der Waals surface area contributed by atoms with E-state index >= 15 is 0 Å². The lowest BCUT2D eigenvalue weighted by molar-refractivity contribution is 0.717. The molecule has 0 bridgehead atoms. The lowest BCUT2D eigenvalue weighted by Crippen LogP contribution is -2.43. The van der Waals surface area contributed by atoms with Crippen LogP contribution in [0.2, 0.25) is 0 Å². The van der Waals surface area contributed by atoms with Crippen molar-refractivity contribution in [2.24, 2.45) is 15.0 Å². The Hall–Kier alpha value is -1.61. The molecule has 0 radical (unpaired) electrons. The van der Waals surface area contributed by atoms with E-state index in [1.807, 2.05) is 6.07 Å². The lowest BCUT2D eigenvalue weighted by atomic mass is 10.1. The van der Waals surface area contributed by atoms with Gasteiger partial charge in [0.25, 0.3) is 0 Å². The summed E-state index contributed by atoms with van der Waals surface area (Å²) in [5.74, 6) is 1.50. The Balaban J connectivity index is 2.21. The molecule has 0 N–H and O–H groups in total. The van der Waals surface area contributed by atoms with Crippen LogP contribution in [0.15, 0.2) is 50.8 Å². The fraction of sp³-hybridized carbons (Fsp3) is 0.0909. The minimum absolute atomic E-state index is 0.0210. The highest BCUT2D eigenvalue weighted by molar-refractivity contribution is 6.77. The van der Waals surface area contributed by atoms with Crippen molar-refractivity contribution in [2.75, 3.05) is 0 Å². The molecule has 0 aromatic carbocycles. The molecule has 94 valence electrons. The zero-order valence-corrected chi connectivity index (χ0v) is 11.4. The van der Waals surface area contributed by atoms with Crippen molar-refractivity contribution in [3.63, 3.8) is 0 Å². The number of alkyl halides is 3.